The van der Waals surface area contributed by atoms with E-state index in [1.807, 2.05) is 30.3 Å². The first-order valence-electron chi connectivity index (χ1n) is 4.99. The van der Waals surface area contributed by atoms with Crippen LogP contribution in [0.3, 0.4) is 0 Å². The highest BCUT2D eigenvalue weighted by atomic mass is 16.5. The van der Waals surface area contributed by atoms with E-state index in [9.17, 15) is 0 Å². The quantitative estimate of drug-likeness (QED) is 0.845. The lowest BCUT2D eigenvalue weighted by Gasteiger charge is -2.02. The molecule has 0 unspecified atom stereocenters. The van der Waals surface area contributed by atoms with Crippen LogP contribution in [0.2, 0.25) is 0 Å². The monoisotopic (exact) mass is 215 g/mol. The fourth-order valence-corrected chi connectivity index (χ4v) is 1.42. The van der Waals surface area contributed by atoms with Gasteiger partial charge in [-0.3, -0.25) is 0 Å². The molecule has 0 amide bonds. The number of nitrogens with two attached hydrogens (primary N) is 1. The highest BCUT2D eigenvalue weighted by molar-refractivity contribution is 5.31. The van der Waals surface area contributed by atoms with Crippen LogP contribution in [0.15, 0.2) is 36.4 Å². The van der Waals surface area contributed by atoms with Crippen LogP contribution in [-0.4, -0.2) is 17.3 Å². The molecular weight excluding hydrogens is 202 g/mol. The third-order valence-corrected chi connectivity index (χ3v) is 2.28. The van der Waals surface area contributed by atoms with Crippen molar-refractivity contribution in [3.63, 3.8) is 0 Å². The van der Waals surface area contributed by atoms with Crippen LogP contribution in [0.25, 0.3) is 0 Å². The average Bonchev–Trinajstić information content (AvgIpc) is 2.33. The van der Waals surface area contributed by atoms with Gasteiger partial charge in [-0.15, -0.1) is 5.10 Å². The van der Waals surface area contributed by atoms with E-state index < -0.39 is 0 Å². The normalized spacial score (nSPS) is 10.1. The van der Waals surface area contributed by atoms with Gasteiger partial charge in [-0.2, -0.15) is 5.10 Å². The molecule has 82 valence electrons. The zero-order valence-electron chi connectivity index (χ0n) is 9.05. The fraction of sp³-hybridized carbons (Fsp3) is 0.167. The first-order chi connectivity index (χ1) is 7.78. The summed E-state index contributed by atoms with van der Waals surface area (Å²) in [5, 5.41) is 7.82. The zero-order chi connectivity index (χ0) is 11.4. The Morgan fingerprint density at radius 3 is 2.38 bits per heavy atom. The Hall–Kier alpha value is -2.10. The fourth-order valence-electron chi connectivity index (χ4n) is 1.42. The predicted molar refractivity (Wildman–Crippen MR) is 62.2 cm³/mol. The van der Waals surface area contributed by atoms with E-state index in [0.29, 0.717) is 5.82 Å². The summed E-state index contributed by atoms with van der Waals surface area (Å²) in [6.07, 6.45) is 0.747. The molecule has 0 saturated heterocycles. The maximum absolute atomic E-state index is 5.47. The van der Waals surface area contributed by atoms with Crippen molar-refractivity contribution in [3.8, 4) is 5.75 Å². The second kappa shape index (κ2) is 4.61. The van der Waals surface area contributed by atoms with Gasteiger partial charge in [0.05, 0.1) is 12.8 Å². The third kappa shape index (κ3) is 2.48. The minimum absolute atomic E-state index is 0.443. The summed E-state index contributed by atoms with van der Waals surface area (Å²) in [7, 11) is 1.65. The molecule has 1 heterocycles. The van der Waals surface area contributed by atoms with Crippen molar-refractivity contribution >= 4 is 5.82 Å². The van der Waals surface area contributed by atoms with Gasteiger partial charge in [0.25, 0.3) is 0 Å². The van der Waals surface area contributed by atoms with Gasteiger partial charge in [-0.25, -0.2) is 0 Å². The van der Waals surface area contributed by atoms with E-state index in [-0.39, 0.29) is 0 Å². The molecule has 0 atom stereocenters. The second-order valence-corrected chi connectivity index (χ2v) is 3.47. The van der Waals surface area contributed by atoms with Gasteiger partial charge in [0.15, 0.2) is 0 Å². The predicted octanol–water partition coefficient (Wildman–Crippen LogP) is 1.66. The summed E-state index contributed by atoms with van der Waals surface area (Å²) in [6, 6.07) is 11.5. The first-order valence-corrected chi connectivity index (χ1v) is 4.99. The summed E-state index contributed by atoms with van der Waals surface area (Å²) in [4.78, 5) is 0. The average molecular weight is 215 g/mol. The smallest absolute Gasteiger partial charge is 0.146 e. The van der Waals surface area contributed by atoms with Gasteiger partial charge in [-0.1, -0.05) is 12.1 Å². The summed E-state index contributed by atoms with van der Waals surface area (Å²) >= 11 is 0. The number of benzene rings is 1. The maximum atomic E-state index is 5.47. The zero-order valence-corrected chi connectivity index (χ0v) is 9.05. The Morgan fingerprint density at radius 1 is 1.06 bits per heavy atom. The molecule has 0 aliphatic carbocycles. The van der Waals surface area contributed by atoms with Crippen molar-refractivity contribution in [1.29, 1.82) is 0 Å². The van der Waals surface area contributed by atoms with E-state index in [1.54, 1.807) is 13.2 Å². The topological polar surface area (TPSA) is 61.0 Å². The van der Waals surface area contributed by atoms with Crippen LogP contribution >= 0.6 is 0 Å². The van der Waals surface area contributed by atoms with Gasteiger partial charge in [-0.05, 0) is 29.8 Å². The molecule has 1 aromatic carbocycles. The molecule has 1 aromatic heterocycles. The van der Waals surface area contributed by atoms with E-state index in [4.69, 9.17) is 10.5 Å². The lowest BCUT2D eigenvalue weighted by atomic mass is 10.1. The van der Waals surface area contributed by atoms with Crippen molar-refractivity contribution in [2.45, 2.75) is 6.42 Å². The summed E-state index contributed by atoms with van der Waals surface area (Å²) in [5.74, 6) is 1.30. The second-order valence-electron chi connectivity index (χ2n) is 3.47. The van der Waals surface area contributed by atoms with Crippen molar-refractivity contribution in [3.05, 3.63) is 47.7 Å². The van der Waals surface area contributed by atoms with Crippen LogP contribution in [0, 0.1) is 0 Å². The minimum Gasteiger partial charge on any atom is -0.497 e. The molecule has 0 aliphatic rings. The Bertz CT molecular complexity index is 451. The minimum atomic E-state index is 0.443. The van der Waals surface area contributed by atoms with Crippen LogP contribution in [-0.2, 0) is 6.42 Å². The number of nitrogens with zero attached hydrogens (tertiary/aromatic N) is 2. The van der Waals surface area contributed by atoms with Gasteiger partial charge < -0.3 is 10.5 Å². The lowest BCUT2D eigenvalue weighted by molar-refractivity contribution is 0.414. The van der Waals surface area contributed by atoms with Crippen LogP contribution in [0.1, 0.15) is 11.3 Å². The lowest BCUT2D eigenvalue weighted by Crippen LogP contribution is -1.97. The summed E-state index contributed by atoms with van der Waals surface area (Å²) < 4.78 is 5.09. The molecular formula is C12H13N3O. The number of methoxy groups -OCH3 is 1. The summed E-state index contributed by atoms with van der Waals surface area (Å²) in [6.45, 7) is 0. The number of aromatic nitrogens is 2. The molecule has 2 N–H and O–H groups in total. The van der Waals surface area contributed by atoms with Crippen molar-refractivity contribution in [1.82, 2.24) is 10.2 Å². The van der Waals surface area contributed by atoms with Gasteiger partial charge >= 0.3 is 0 Å². The number of hydrogen-bond acceptors (Lipinski definition) is 4. The maximum Gasteiger partial charge on any atom is 0.146 e. The van der Waals surface area contributed by atoms with E-state index in [0.717, 1.165) is 17.9 Å². The SMILES string of the molecule is COc1ccc(Cc2ccc(N)nn2)cc1. The van der Waals surface area contributed by atoms with Crippen molar-refractivity contribution in [2.24, 2.45) is 0 Å². The highest BCUT2D eigenvalue weighted by Gasteiger charge is 1.99. The van der Waals surface area contributed by atoms with Gasteiger partial charge in [0.1, 0.15) is 11.6 Å². The molecule has 0 aliphatic heterocycles. The van der Waals surface area contributed by atoms with Crippen LogP contribution in [0.4, 0.5) is 5.82 Å². The molecule has 0 radical (unpaired) electrons. The molecule has 0 fully saturated rings. The molecule has 0 bridgehead atoms. The number of anilines is 1. The molecule has 4 nitrogen and oxygen atoms in total. The van der Waals surface area contributed by atoms with Crippen molar-refractivity contribution < 1.29 is 4.74 Å². The highest BCUT2D eigenvalue weighted by Crippen LogP contribution is 2.13. The van der Waals surface area contributed by atoms with E-state index in [2.05, 4.69) is 10.2 Å². The standard InChI is InChI=1S/C12H13N3O/c1-16-11-5-2-9(3-6-11)8-10-4-7-12(13)15-14-10/h2-7H,8H2,1H3,(H2,13,15). The largest absolute Gasteiger partial charge is 0.497 e. The number of rotatable bonds is 3. The molecule has 2 aromatic rings. The summed E-state index contributed by atoms with van der Waals surface area (Å²) in [5.41, 5.74) is 7.54. The number of nitrogen functional groups attached to an aromatic ring is 1. The number of hydrogen-bond donors (Lipinski definition) is 1. The molecule has 16 heavy (non-hydrogen) atoms. The molecule has 2 rings (SSSR count). The van der Waals surface area contributed by atoms with Crippen LogP contribution in [0.5, 0.6) is 5.75 Å². The Morgan fingerprint density at radius 2 is 1.81 bits per heavy atom. The first kappa shape index (κ1) is 10.4. The molecule has 0 spiro atoms. The van der Waals surface area contributed by atoms with Crippen LogP contribution < -0.4 is 10.5 Å². The van der Waals surface area contributed by atoms with E-state index in [1.165, 1.54) is 5.56 Å². The Balaban J connectivity index is 2.11. The Kier molecular flexibility index (Phi) is 3.00. The Labute approximate surface area is 94.1 Å². The third-order valence-electron chi connectivity index (χ3n) is 2.28. The van der Waals surface area contributed by atoms with E-state index >= 15 is 0 Å². The van der Waals surface area contributed by atoms with Gasteiger partial charge in [0, 0.05) is 6.42 Å². The molecule has 0 saturated carbocycles. The van der Waals surface area contributed by atoms with Gasteiger partial charge in [0.2, 0.25) is 0 Å². The molecule has 4 heteroatoms. The van der Waals surface area contributed by atoms with Crippen molar-refractivity contribution in [2.75, 3.05) is 12.8 Å². The number of ether oxygens (including phenoxy) is 1.